The Labute approximate surface area is 222 Å². The molecule has 0 saturated carbocycles. The van der Waals surface area contributed by atoms with E-state index in [1.54, 1.807) is 18.7 Å². The number of amides is 2. The molecule has 2 heterocycles. The molecule has 1 aromatic heterocycles. The lowest BCUT2D eigenvalue weighted by molar-refractivity contribution is -0.133. The number of aromatic nitrogens is 2. The maximum atomic E-state index is 13.7. The predicted octanol–water partition coefficient (Wildman–Crippen LogP) is 3.54. The van der Waals surface area contributed by atoms with Crippen molar-refractivity contribution in [3.05, 3.63) is 82.7 Å². The van der Waals surface area contributed by atoms with Crippen LogP contribution in [-0.2, 0) is 29.0 Å². The van der Waals surface area contributed by atoms with Gasteiger partial charge in [-0.3, -0.25) is 14.3 Å². The van der Waals surface area contributed by atoms with Crippen molar-refractivity contribution in [2.24, 2.45) is 0 Å². The van der Waals surface area contributed by atoms with Gasteiger partial charge in [-0.25, -0.2) is 4.79 Å². The first-order valence-corrected chi connectivity index (χ1v) is 12.9. The summed E-state index contributed by atoms with van der Waals surface area (Å²) in [6.45, 7) is 8.90. The number of esters is 1. The zero-order valence-electron chi connectivity index (χ0n) is 22.3. The van der Waals surface area contributed by atoms with Crippen molar-refractivity contribution in [3.8, 4) is 5.75 Å². The summed E-state index contributed by atoms with van der Waals surface area (Å²) in [5.41, 5.74) is 2.18. The second kappa shape index (κ2) is 11.5. The largest absolute Gasteiger partial charge is 0.494 e. The van der Waals surface area contributed by atoms with Gasteiger partial charge in [0.05, 0.1) is 19.8 Å². The van der Waals surface area contributed by atoms with E-state index in [1.807, 2.05) is 62.4 Å². The first-order chi connectivity index (χ1) is 18.2. The number of carbonyl (C=O) groups is 3. The van der Waals surface area contributed by atoms with Crippen LogP contribution >= 0.6 is 0 Å². The minimum atomic E-state index is -1.22. The summed E-state index contributed by atoms with van der Waals surface area (Å²) >= 11 is 0. The van der Waals surface area contributed by atoms with Gasteiger partial charge in [0.25, 0.3) is 5.91 Å². The summed E-state index contributed by atoms with van der Waals surface area (Å²) in [6.07, 6.45) is 0.540. The number of hydrogen-bond donors (Lipinski definition) is 1. The highest BCUT2D eigenvalue weighted by molar-refractivity contribution is 6.01. The number of hydrogen-bond acceptors (Lipinski definition) is 6. The molecule has 0 aliphatic carbocycles. The second-order valence-corrected chi connectivity index (χ2v) is 9.52. The molecular weight excluding hydrogens is 484 g/mol. The molecule has 0 spiro atoms. The van der Waals surface area contributed by atoms with E-state index in [-0.39, 0.29) is 36.4 Å². The van der Waals surface area contributed by atoms with E-state index in [9.17, 15) is 14.4 Å². The van der Waals surface area contributed by atoms with Crippen molar-refractivity contribution in [2.75, 3.05) is 19.8 Å². The van der Waals surface area contributed by atoms with Crippen LogP contribution in [0.5, 0.6) is 5.75 Å². The van der Waals surface area contributed by atoms with Gasteiger partial charge in [-0.1, -0.05) is 42.0 Å². The average Bonchev–Trinajstić information content (AvgIpc) is 3.33. The van der Waals surface area contributed by atoms with E-state index in [2.05, 4.69) is 10.4 Å². The molecular formula is C29H34N4O5. The van der Waals surface area contributed by atoms with Crippen LogP contribution in [0, 0.1) is 6.92 Å². The van der Waals surface area contributed by atoms with Crippen molar-refractivity contribution >= 4 is 17.8 Å². The van der Waals surface area contributed by atoms with Crippen LogP contribution in [0.25, 0.3) is 0 Å². The van der Waals surface area contributed by atoms with Crippen LogP contribution < -0.4 is 10.1 Å². The van der Waals surface area contributed by atoms with Gasteiger partial charge in [-0.05, 0) is 57.4 Å². The van der Waals surface area contributed by atoms with Gasteiger partial charge >= 0.3 is 5.97 Å². The number of aryl methyl sites for hydroxylation is 1. The number of carbonyl (C=O) groups excluding carboxylic acids is 3. The van der Waals surface area contributed by atoms with Crippen LogP contribution in [0.15, 0.2) is 54.6 Å². The molecule has 0 bridgehead atoms. The predicted molar refractivity (Wildman–Crippen MR) is 142 cm³/mol. The maximum Gasteiger partial charge on any atom is 0.358 e. The third-order valence-electron chi connectivity index (χ3n) is 6.70. The highest BCUT2D eigenvalue weighted by atomic mass is 16.5. The summed E-state index contributed by atoms with van der Waals surface area (Å²) in [5, 5.41) is 7.30. The lowest BCUT2D eigenvalue weighted by atomic mass is 9.94. The SMILES string of the molecule is CCOC(=O)c1cc2n(n1)C[C@](C)(C(=O)NCc1ccc(C)cc1)N(CCc1ccc(OCC)cc1)C2=O. The zero-order valence-corrected chi connectivity index (χ0v) is 22.3. The Morgan fingerprint density at radius 3 is 2.37 bits per heavy atom. The topological polar surface area (TPSA) is 103 Å². The molecule has 4 rings (SSSR count). The van der Waals surface area contributed by atoms with Gasteiger partial charge in [-0.2, -0.15) is 5.10 Å². The van der Waals surface area contributed by atoms with E-state index in [4.69, 9.17) is 9.47 Å². The Morgan fingerprint density at radius 1 is 1.03 bits per heavy atom. The molecule has 3 aromatic rings. The normalized spacial score (nSPS) is 16.6. The Morgan fingerprint density at radius 2 is 1.71 bits per heavy atom. The molecule has 1 N–H and O–H groups in total. The van der Waals surface area contributed by atoms with Crippen LogP contribution in [-0.4, -0.2) is 57.8 Å². The monoisotopic (exact) mass is 518 g/mol. The molecule has 38 heavy (non-hydrogen) atoms. The van der Waals surface area contributed by atoms with Crippen molar-refractivity contribution in [1.82, 2.24) is 20.0 Å². The molecule has 9 nitrogen and oxygen atoms in total. The lowest BCUT2D eigenvalue weighted by Gasteiger charge is -2.43. The maximum absolute atomic E-state index is 13.7. The number of rotatable bonds is 10. The molecule has 2 amide bonds. The van der Waals surface area contributed by atoms with Crippen molar-refractivity contribution < 1.29 is 23.9 Å². The van der Waals surface area contributed by atoms with Gasteiger partial charge < -0.3 is 19.7 Å². The van der Waals surface area contributed by atoms with Gasteiger partial charge in [0.2, 0.25) is 5.91 Å². The molecule has 0 unspecified atom stereocenters. The van der Waals surface area contributed by atoms with E-state index in [0.717, 1.165) is 22.4 Å². The van der Waals surface area contributed by atoms with E-state index in [0.29, 0.717) is 26.1 Å². The molecule has 2 aromatic carbocycles. The van der Waals surface area contributed by atoms with Crippen molar-refractivity contribution in [2.45, 2.75) is 52.7 Å². The fourth-order valence-corrected chi connectivity index (χ4v) is 4.53. The highest BCUT2D eigenvalue weighted by Crippen LogP contribution is 2.28. The van der Waals surface area contributed by atoms with E-state index >= 15 is 0 Å². The van der Waals surface area contributed by atoms with Crippen LogP contribution in [0.1, 0.15) is 58.4 Å². The highest BCUT2D eigenvalue weighted by Gasteiger charge is 2.48. The Balaban J connectivity index is 1.59. The lowest BCUT2D eigenvalue weighted by Crippen LogP contribution is -2.64. The summed E-state index contributed by atoms with van der Waals surface area (Å²) in [4.78, 5) is 41.2. The number of nitrogens with one attached hydrogen (secondary N) is 1. The van der Waals surface area contributed by atoms with Crippen molar-refractivity contribution in [3.63, 3.8) is 0 Å². The van der Waals surface area contributed by atoms with E-state index < -0.39 is 11.5 Å². The Hall–Kier alpha value is -4.14. The third-order valence-corrected chi connectivity index (χ3v) is 6.70. The minimum absolute atomic E-state index is 0.0472. The fourth-order valence-electron chi connectivity index (χ4n) is 4.53. The summed E-state index contributed by atoms with van der Waals surface area (Å²) < 4.78 is 12.0. The minimum Gasteiger partial charge on any atom is -0.494 e. The summed E-state index contributed by atoms with van der Waals surface area (Å²) in [5.74, 6) is -0.482. The Kier molecular flexibility index (Phi) is 8.14. The van der Waals surface area contributed by atoms with Crippen LogP contribution in [0.4, 0.5) is 0 Å². The number of fused-ring (bicyclic) bond motifs is 1. The number of ether oxygens (including phenoxy) is 2. The van der Waals surface area contributed by atoms with Crippen LogP contribution in [0.2, 0.25) is 0 Å². The summed E-state index contributed by atoms with van der Waals surface area (Å²) in [6, 6.07) is 17.0. The third kappa shape index (κ3) is 5.72. The van der Waals surface area contributed by atoms with Gasteiger partial charge in [-0.15, -0.1) is 0 Å². The van der Waals surface area contributed by atoms with Crippen molar-refractivity contribution in [1.29, 1.82) is 0 Å². The molecule has 9 heteroatoms. The fraction of sp³-hybridized carbons (Fsp3) is 0.379. The van der Waals surface area contributed by atoms with Gasteiger partial charge in [0.1, 0.15) is 17.0 Å². The number of benzene rings is 2. The van der Waals surface area contributed by atoms with E-state index in [1.165, 1.54) is 10.7 Å². The quantitative estimate of drug-likeness (QED) is 0.412. The van der Waals surface area contributed by atoms with Gasteiger partial charge in [0.15, 0.2) is 5.69 Å². The smallest absolute Gasteiger partial charge is 0.358 e. The molecule has 0 saturated heterocycles. The first-order valence-electron chi connectivity index (χ1n) is 12.9. The second-order valence-electron chi connectivity index (χ2n) is 9.52. The standard InChI is InChI=1S/C29H34N4O5/c1-5-37-23-13-11-21(12-14-23)15-16-32-26(34)25-17-24(27(35)38-6-2)31-33(25)19-29(32,4)28(36)30-18-22-9-7-20(3)8-10-22/h7-14,17H,5-6,15-16,18-19H2,1-4H3,(H,30,36)/t29-/m1/s1. The van der Waals surface area contributed by atoms with Gasteiger partial charge in [0, 0.05) is 19.2 Å². The molecule has 1 atom stereocenters. The number of nitrogens with zero attached hydrogens (tertiary/aromatic N) is 3. The molecule has 1 aliphatic heterocycles. The molecule has 200 valence electrons. The first kappa shape index (κ1) is 26.9. The zero-order chi connectivity index (χ0) is 27.3. The summed E-state index contributed by atoms with van der Waals surface area (Å²) in [7, 11) is 0. The molecule has 1 aliphatic rings. The van der Waals surface area contributed by atoms with Crippen LogP contribution in [0.3, 0.4) is 0 Å². The average molecular weight is 519 g/mol. The molecule has 0 fully saturated rings. The Bertz CT molecular complexity index is 1300. The molecule has 0 radical (unpaired) electrons.